The molecule has 0 saturated heterocycles. The summed E-state index contributed by atoms with van der Waals surface area (Å²) < 4.78 is 28.2. The third-order valence-corrected chi connectivity index (χ3v) is 6.05. The van der Waals surface area contributed by atoms with Crippen LogP contribution in [0.5, 0.6) is 0 Å². The number of aromatic amines is 2. The number of nitrogens with zero attached hydrogens (tertiary/aromatic N) is 4. The lowest BCUT2D eigenvalue weighted by Crippen LogP contribution is -1.85. The molecular formula is C24H15F2IN6. The average molecular weight is 552 g/mol. The van der Waals surface area contributed by atoms with Crippen LogP contribution in [0.15, 0.2) is 79.6 Å². The molecule has 0 amide bonds. The number of nitrogens with one attached hydrogen (secondary N) is 2. The van der Waals surface area contributed by atoms with Gasteiger partial charge in [0.1, 0.15) is 29.8 Å². The summed E-state index contributed by atoms with van der Waals surface area (Å²) in [6, 6.07) is 15.1. The molecule has 6 rings (SSSR count). The molecule has 6 aromatic rings. The molecule has 4 aromatic heterocycles. The minimum atomic E-state index is -0.248. The first-order valence-corrected chi connectivity index (χ1v) is 11.0. The van der Waals surface area contributed by atoms with E-state index in [2.05, 4.69) is 52.5 Å². The van der Waals surface area contributed by atoms with E-state index in [9.17, 15) is 8.78 Å². The molecule has 4 heterocycles. The van der Waals surface area contributed by atoms with Crippen LogP contribution < -0.4 is 0 Å². The lowest BCUT2D eigenvalue weighted by molar-refractivity contribution is 0.630. The Balaban J connectivity index is 0.000000139. The standard InChI is InChI=1S/C12H7FIN3.C12H8FN3/c13-8-4-2-1-3-7(8)11-10(14)12-9(17-11)5-15-6-16-12;13-9-4-2-1-3-8(9)10-5-11-12(16-10)6-14-7-15-11/h1-6,17H;1-7,16H. The SMILES string of the molecule is Fc1ccccc1-c1[nH]c2cncnc2c1I.Fc1ccccc1-c1cc2ncncc2[nH]1. The zero-order valence-corrected chi connectivity index (χ0v) is 19.1. The van der Waals surface area contributed by atoms with Crippen LogP contribution in [-0.2, 0) is 0 Å². The first-order valence-electron chi connectivity index (χ1n) is 9.87. The predicted molar refractivity (Wildman–Crippen MR) is 131 cm³/mol. The smallest absolute Gasteiger partial charge is 0.132 e. The van der Waals surface area contributed by atoms with Gasteiger partial charge in [-0.05, 0) is 52.9 Å². The van der Waals surface area contributed by atoms with Crippen LogP contribution in [0.2, 0.25) is 0 Å². The summed E-state index contributed by atoms with van der Waals surface area (Å²) in [5.41, 5.74) is 5.78. The lowest BCUT2D eigenvalue weighted by Gasteiger charge is -2.00. The zero-order valence-electron chi connectivity index (χ0n) is 16.9. The monoisotopic (exact) mass is 552 g/mol. The highest BCUT2D eigenvalue weighted by Crippen LogP contribution is 2.31. The normalized spacial score (nSPS) is 10.9. The summed E-state index contributed by atoms with van der Waals surface area (Å²) in [7, 11) is 0. The molecule has 9 heteroatoms. The fourth-order valence-corrected chi connectivity index (χ4v) is 4.30. The van der Waals surface area contributed by atoms with Crippen LogP contribution in [0.1, 0.15) is 0 Å². The highest BCUT2D eigenvalue weighted by molar-refractivity contribution is 14.1. The largest absolute Gasteiger partial charge is 0.352 e. The number of hydrogen-bond acceptors (Lipinski definition) is 4. The molecule has 0 spiro atoms. The van der Waals surface area contributed by atoms with Gasteiger partial charge in [0.25, 0.3) is 0 Å². The highest BCUT2D eigenvalue weighted by Gasteiger charge is 2.14. The molecule has 162 valence electrons. The molecule has 0 aliphatic carbocycles. The van der Waals surface area contributed by atoms with Gasteiger partial charge in [-0.1, -0.05) is 24.3 Å². The summed E-state index contributed by atoms with van der Waals surface area (Å²) in [5.74, 6) is -0.494. The number of hydrogen-bond donors (Lipinski definition) is 2. The van der Waals surface area contributed by atoms with Gasteiger partial charge in [0.2, 0.25) is 0 Å². The second-order valence-electron chi connectivity index (χ2n) is 7.06. The number of aromatic nitrogens is 6. The Morgan fingerprint density at radius 2 is 1.36 bits per heavy atom. The maximum Gasteiger partial charge on any atom is 0.132 e. The van der Waals surface area contributed by atoms with E-state index >= 15 is 0 Å². The third kappa shape index (κ3) is 4.19. The minimum Gasteiger partial charge on any atom is -0.352 e. The third-order valence-electron chi connectivity index (χ3n) is 5.00. The van der Waals surface area contributed by atoms with E-state index in [0.29, 0.717) is 16.8 Å². The van der Waals surface area contributed by atoms with Crippen molar-refractivity contribution in [1.29, 1.82) is 0 Å². The van der Waals surface area contributed by atoms with Crippen molar-refractivity contribution in [3.05, 3.63) is 94.9 Å². The van der Waals surface area contributed by atoms with Crippen molar-refractivity contribution in [3.63, 3.8) is 0 Å². The molecule has 33 heavy (non-hydrogen) atoms. The fourth-order valence-electron chi connectivity index (χ4n) is 3.45. The Morgan fingerprint density at radius 1 is 0.727 bits per heavy atom. The van der Waals surface area contributed by atoms with E-state index in [1.807, 2.05) is 12.1 Å². The number of halogens is 3. The number of fused-ring (bicyclic) bond motifs is 2. The number of rotatable bonds is 2. The molecule has 0 aliphatic heterocycles. The summed E-state index contributed by atoms with van der Waals surface area (Å²) >= 11 is 2.17. The van der Waals surface area contributed by atoms with Gasteiger partial charge >= 0.3 is 0 Å². The molecule has 0 atom stereocenters. The second kappa shape index (κ2) is 9.02. The Kier molecular flexibility index (Phi) is 5.78. The topological polar surface area (TPSA) is 83.1 Å². The van der Waals surface area contributed by atoms with Gasteiger partial charge in [0, 0.05) is 11.1 Å². The minimum absolute atomic E-state index is 0.245. The van der Waals surface area contributed by atoms with Crippen LogP contribution in [0.4, 0.5) is 8.78 Å². The van der Waals surface area contributed by atoms with Crippen LogP contribution in [0.3, 0.4) is 0 Å². The second-order valence-corrected chi connectivity index (χ2v) is 8.14. The average Bonchev–Trinajstić information content (AvgIpc) is 3.42. The van der Waals surface area contributed by atoms with Crippen molar-refractivity contribution >= 4 is 44.7 Å². The molecule has 0 bridgehead atoms. The predicted octanol–water partition coefficient (Wildman–Crippen LogP) is 6.13. The number of benzene rings is 2. The van der Waals surface area contributed by atoms with Crippen LogP contribution in [0.25, 0.3) is 44.6 Å². The lowest BCUT2D eigenvalue weighted by atomic mass is 10.1. The van der Waals surface area contributed by atoms with Gasteiger partial charge in [-0.25, -0.2) is 28.7 Å². The zero-order chi connectivity index (χ0) is 22.8. The molecule has 0 fully saturated rings. The Morgan fingerprint density at radius 3 is 2.03 bits per heavy atom. The van der Waals surface area contributed by atoms with Gasteiger partial charge in [-0.3, -0.25) is 0 Å². The van der Waals surface area contributed by atoms with Crippen LogP contribution in [-0.4, -0.2) is 29.9 Å². The molecule has 0 saturated carbocycles. The van der Waals surface area contributed by atoms with E-state index in [1.165, 1.54) is 24.8 Å². The first kappa shape index (κ1) is 21.1. The van der Waals surface area contributed by atoms with Crippen molar-refractivity contribution in [1.82, 2.24) is 29.9 Å². The molecule has 6 nitrogen and oxygen atoms in total. The first-order chi connectivity index (χ1) is 16.1. The molecule has 0 unspecified atom stereocenters. The van der Waals surface area contributed by atoms with Gasteiger partial charge in [-0.2, -0.15) is 0 Å². The molecular weight excluding hydrogens is 537 g/mol. The Labute approximate surface area is 200 Å². The number of H-pyrrole nitrogens is 2. The van der Waals surface area contributed by atoms with E-state index in [4.69, 9.17) is 0 Å². The summed E-state index contributed by atoms with van der Waals surface area (Å²) in [6.45, 7) is 0. The summed E-state index contributed by atoms with van der Waals surface area (Å²) in [4.78, 5) is 22.4. The van der Waals surface area contributed by atoms with E-state index in [1.54, 1.807) is 42.7 Å². The quantitative estimate of drug-likeness (QED) is 0.253. The summed E-state index contributed by atoms with van der Waals surface area (Å²) in [6.07, 6.45) is 6.33. The Bertz CT molecular complexity index is 1540. The maximum absolute atomic E-state index is 13.7. The Hall–Kier alpha value is -3.73. The fraction of sp³-hybridized carbons (Fsp3) is 0. The summed E-state index contributed by atoms with van der Waals surface area (Å²) in [5, 5.41) is 0. The van der Waals surface area contributed by atoms with Crippen molar-refractivity contribution in [2.45, 2.75) is 0 Å². The molecule has 2 aromatic carbocycles. The molecule has 2 N–H and O–H groups in total. The van der Waals surface area contributed by atoms with Crippen molar-refractivity contribution in [2.75, 3.05) is 0 Å². The van der Waals surface area contributed by atoms with Crippen LogP contribution in [0, 0.1) is 15.2 Å². The van der Waals surface area contributed by atoms with Gasteiger partial charge < -0.3 is 9.97 Å². The van der Waals surface area contributed by atoms with Gasteiger partial charge in [0.15, 0.2) is 0 Å². The van der Waals surface area contributed by atoms with Crippen LogP contribution >= 0.6 is 22.6 Å². The van der Waals surface area contributed by atoms with E-state index in [-0.39, 0.29) is 11.6 Å². The van der Waals surface area contributed by atoms with Crippen molar-refractivity contribution in [2.24, 2.45) is 0 Å². The maximum atomic E-state index is 13.7. The highest BCUT2D eigenvalue weighted by atomic mass is 127. The van der Waals surface area contributed by atoms with Crippen molar-refractivity contribution < 1.29 is 8.78 Å². The van der Waals surface area contributed by atoms with Gasteiger partial charge in [0.05, 0.1) is 43.9 Å². The van der Waals surface area contributed by atoms with E-state index < -0.39 is 0 Å². The van der Waals surface area contributed by atoms with E-state index in [0.717, 1.165) is 31.3 Å². The molecule has 0 radical (unpaired) electrons. The van der Waals surface area contributed by atoms with Crippen molar-refractivity contribution in [3.8, 4) is 22.5 Å². The van der Waals surface area contributed by atoms with Gasteiger partial charge in [-0.15, -0.1) is 0 Å². The molecule has 0 aliphatic rings.